The number of aliphatic carboxylic acids is 1. The lowest BCUT2D eigenvalue weighted by Crippen LogP contribution is -2.41. The number of nitrogens with zero attached hydrogens (tertiary/aromatic N) is 2. The van der Waals surface area contributed by atoms with Gasteiger partial charge in [-0.25, -0.2) is 4.79 Å². The zero-order valence-corrected chi connectivity index (χ0v) is 17.1. The van der Waals surface area contributed by atoms with E-state index in [1.807, 2.05) is 6.07 Å². The molecule has 2 aliphatic heterocycles. The number of ketones is 1. The molecule has 2 atom stereocenters. The van der Waals surface area contributed by atoms with Gasteiger partial charge >= 0.3 is 5.97 Å². The molecule has 1 N–H and O–H groups in total. The summed E-state index contributed by atoms with van der Waals surface area (Å²) in [7, 11) is 0. The molecule has 160 valence electrons. The van der Waals surface area contributed by atoms with Crippen molar-refractivity contribution in [2.24, 2.45) is 0 Å². The van der Waals surface area contributed by atoms with Crippen molar-refractivity contribution in [3.63, 3.8) is 0 Å². The number of Topliss-reactive ketones (excluding diaryl/α,β-unsaturated/α-hetero) is 1. The second kappa shape index (κ2) is 8.71. The third-order valence-corrected chi connectivity index (χ3v) is 6.03. The maximum absolute atomic E-state index is 13.2. The number of hydrogen-bond donors (Lipinski definition) is 1. The summed E-state index contributed by atoms with van der Waals surface area (Å²) in [5.41, 5.74) is 1.18. The highest BCUT2D eigenvalue weighted by Crippen LogP contribution is 2.25. The number of rotatable bonds is 5. The Balaban J connectivity index is 1.54. The first-order valence-corrected chi connectivity index (χ1v) is 10.5. The van der Waals surface area contributed by atoms with Crippen molar-refractivity contribution in [3.05, 3.63) is 71.3 Å². The van der Waals surface area contributed by atoms with Gasteiger partial charge in [-0.15, -0.1) is 0 Å². The van der Waals surface area contributed by atoms with Crippen LogP contribution in [0.4, 0.5) is 0 Å². The maximum atomic E-state index is 13.2. The molecule has 0 unspecified atom stereocenters. The Morgan fingerprint density at radius 1 is 0.710 bits per heavy atom. The minimum absolute atomic E-state index is 0.0833. The van der Waals surface area contributed by atoms with Crippen molar-refractivity contribution < 1.29 is 24.3 Å². The van der Waals surface area contributed by atoms with E-state index in [9.17, 15) is 24.3 Å². The first-order valence-electron chi connectivity index (χ1n) is 10.5. The minimum atomic E-state index is -1.02. The standard InChI is InChI=1S/C24H24N2O5/c27-21(16-7-2-1-3-8-16)19-11-5-13-25(19)22(28)17-9-4-10-18(15-17)23(29)26-14-6-12-20(26)24(30)31/h1-4,7-10,15,19-20H,5-6,11-14H2,(H,30,31)/t19-,20-/m0/s1. The van der Waals surface area contributed by atoms with Crippen LogP contribution in [0.3, 0.4) is 0 Å². The molecule has 0 aromatic heterocycles. The Labute approximate surface area is 180 Å². The lowest BCUT2D eigenvalue weighted by atomic mass is 10.0. The second-order valence-electron chi connectivity index (χ2n) is 7.96. The molecule has 2 fully saturated rings. The number of likely N-dealkylation sites (tertiary alicyclic amines) is 2. The average molecular weight is 420 g/mol. The molecule has 2 aliphatic rings. The van der Waals surface area contributed by atoms with Crippen LogP contribution in [-0.4, -0.2) is 63.6 Å². The van der Waals surface area contributed by atoms with Crippen molar-refractivity contribution in [1.29, 1.82) is 0 Å². The van der Waals surface area contributed by atoms with Crippen LogP contribution in [-0.2, 0) is 4.79 Å². The quantitative estimate of drug-likeness (QED) is 0.751. The fourth-order valence-corrected chi connectivity index (χ4v) is 4.46. The van der Waals surface area contributed by atoms with Crippen molar-refractivity contribution in [2.75, 3.05) is 13.1 Å². The van der Waals surface area contributed by atoms with E-state index < -0.39 is 24.0 Å². The molecule has 2 heterocycles. The van der Waals surface area contributed by atoms with Gasteiger partial charge in [0, 0.05) is 29.8 Å². The minimum Gasteiger partial charge on any atom is -0.480 e. The average Bonchev–Trinajstić information content (AvgIpc) is 3.48. The number of amides is 2. The van der Waals surface area contributed by atoms with E-state index in [0.717, 1.165) is 6.42 Å². The summed E-state index contributed by atoms with van der Waals surface area (Å²) in [6.07, 6.45) is 2.41. The Kier molecular flexibility index (Phi) is 5.84. The van der Waals surface area contributed by atoms with Crippen LogP contribution in [0.15, 0.2) is 54.6 Å². The van der Waals surface area contributed by atoms with Gasteiger partial charge in [0.2, 0.25) is 0 Å². The van der Waals surface area contributed by atoms with Gasteiger partial charge in [0.15, 0.2) is 5.78 Å². The summed E-state index contributed by atoms with van der Waals surface area (Å²) in [6, 6.07) is 13.9. The van der Waals surface area contributed by atoms with Crippen molar-refractivity contribution in [3.8, 4) is 0 Å². The highest BCUT2D eigenvalue weighted by molar-refractivity contribution is 6.05. The van der Waals surface area contributed by atoms with Gasteiger partial charge in [0.05, 0.1) is 6.04 Å². The molecule has 31 heavy (non-hydrogen) atoms. The monoisotopic (exact) mass is 420 g/mol. The van der Waals surface area contributed by atoms with Crippen molar-refractivity contribution >= 4 is 23.6 Å². The van der Waals surface area contributed by atoms with Crippen LogP contribution >= 0.6 is 0 Å². The van der Waals surface area contributed by atoms with E-state index >= 15 is 0 Å². The van der Waals surface area contributed by atoms with Crippen LogP contribution in [0.5, 0.6) is 0 Å². The lowest BCUT2D eigenvalue weighted by Gasteiger charge is -2.25. The maximum Gasteiger partial charge on any atom is 0.326 e. The summed E-state index contributed by atoms with van der Waals surface area (Å²) < 4.78 is 0. The normalized spacial score (nSPS) is 20.6. The van der Waals surface area contributed by atoms with Crippen LogP contribution in [0, 0.1) is 0 Å². The summed E-state index contributed by atoms with van der Waals surface area (Å²) in [5.74, 6) is -1.78. The van der Waals surface area contributed by atoms with E-state index in [1.165, 1.54) is 11.0 Å². The largest absolute Gasteiger partial charge is 0.480 e. The molecule has 2 saturated heterocycles. The number of carbonyl (C=O) groups excluding carboxylic acids is 3. The van der Waals surface area contributed by atoms with E-state index in [-0.39, 0.29) is 17.3 Å². The molecule has 2 amide bonds. The number of hydrogen-bond acceptors (Lipinski definition) is 4. The van der Waals surface area contributed by atoms with Gasteiger partial charge < -0.3 is 14.9 Å². The third-order valence-electron chi connectivity index (χ3n) is 6.03. The molecule has 0 saturated carbocycles. The Bertz CT molecular complexity index is 1020. The van der Waals surface area contributed by atoms with E-state index in [0.29, 0.717) is 43.5 Å². The van der Waals surface area contributed by atoms with Gasteiger partial charge in [-0.2, -0.15) is 0 Å². The molecule has 2 aromatic rings. The molecule has 0 spiro atoms. The Morgan fingerprint density at radius 2 is 1.23 bits per heavy atom. The number of carboxylic acid groups (broad SMARTS) is 1. The molecular weight excluding hydrogens is 396 g/mol. The first-order chi connectivity index (χ1) is 15.0. The SMILES string of the molecule is O=C(O)[C@@H]1CCCN1C(=O)c1cccc(C(=O)N2CCC[C@H]2C(=O)c2ccccc2)c1. The van der Waals surface area contributed by atoms with Gasteiger partial charge in [-0.1, -0.05) is 36.4 Å². The Morgan fingerprint density at radius 3 is 1.81 bits per heavy atom. The fraction of sp³-hybridized carbons (Fsp3) is 0.333. The number of carboxylic acids is 1. The topological polar surface area (TPSA) is 95.0 Å². The molecule has 7 nitrogen and oxygen atoms in total. The molecule has 0 radical (unpaired) electrons. The molecule has 2 aromatic carbocycles. The van der Waals surface area contributed by atoms with Gasteiger partial charge in [-0.05, 0) is 43.9 Å². The van der Waals surface area contributed by atoms with E-state index in [1.54, 1.807) is 47.4 Å². The number of carbonyl (C=O) groups is 4. The number of benzene rings is 2. The van der Waals surface area contributed by atoms with E-state index in [2.05, 4.69) is 0 Å². The lowest BCUT2D eigenvalue weighted by molar-refractivity contribution is -0.141. The van der Waals surface area contributed by atoms with Crippen LogP contribution in [0.2, 0.25) is 0 Å². The highest BCUT2D eigenvalue weighted by atomic mass is 16.4. The van der Waals surface area contributed by atoms with Gasteiger partial charge in [-0.3, -0.25) is 14.4 Å². The van der Waals surface area contributed by atoms with Gasteiger partial charge in [0.1, 0.15) is 6.04 Å². The van der Waals surface area contributed by atoms with Crippen LogP contribution in [0.1, 0.15) is 56.8 Å². The van der Waals surface area contributed by atoms with Gasteiger partial charge in [0.25, 0.3) is 11.8 Å². The molecule has 7 heteroatoms. The van der Waals surface area contributed by atoms with E-state index in [4.69, 9.17) is 0 Å². The third kappa shape index (κ3) is 4.08. The molecule has 4 rings (SSSR count). The summed E-state index contributed by atoms with van der Waals surface area (Å²) in [5, 5.41) is 9.35. The molecule has 0 aliphatic carbocycles. The summed E-state index contributed by atoms with van der Waals surface area (Å²) in [4.78, 5) is 53.4. The predicted octanol–water partition coefficient (Wildman–Crippen LogP) is 2.86. The zero-order valence-electron chi connectivity index (χ0n) is 17.1. The fourth-order valence-electron chi connectivity index (χ4n) is 4.46. The predicted molar refractivity (Wildman–Crippen MR) is 113 cm³/mol. The van der Waals surface area contributed by atoms with Crippen molar-refractivity contribution in [2.45, 2.75) is 37.8 Å². The highest BCUT2D eigenvalue weighted by Gasteiger charge is 2.36. The molecule has 0 bridgehead atoms. The summed E-state index contributed by atoms with van der Waals surface area (Å²) in [6.45, 7) is 0.862. The second-order valence-corrected chi connectivity index (χ2v) is 7.96. The molecular formula is C24H24N2O5. The summed E-state index contributed by atoms with van der Waals surface area (Å²) >= 11 is 0. The zero-order chi connectivity index (χ0) is 22.0. The van der Waals surface area contributed by atoms with Crippen molar-refractivity contribution in [1.82, 2.24) is 9.80 Å². The van der Waals surface area contributed by atoms with Crippen LogP contribution < -0.4 is 0 Å². The Hall–Kier alpha value is -3.48. The smallest absolute Gasteiger partial charge is 0.326 e. The van der Waals surface area contributed by atoms with Crippen LogP contribution in [0.25, 0.3) is 0 Å². The first kappa shape index (κ1) is 20.8.